The molecule has 0 bridgehead atoms. The Labute approximate surface area is 112 Å². The molecule has 0 fully saturated rings. The average molecular weight is 277 g/mol. The lowest BCUT2D eigenvalue weighted by molar-refractivity contribution is 0.177. The van der Waals surface area contributed by atoms with E-state index in [4.69, 9.17) is 5.14 Å². The van der Waals surface area contributed by atoms with Crippen LogP contribution in [0, 0.1) is 0 Å². The molecule has 0 aliphatic carbocycles. The number of aliphatic hydroxyl groups is 1. The van der Waals surface area contributed by atoms with E-state index >= 15 is 0 Å². The molecule has 0 aliphatic heterocycles. The van der Waals surface area contributed by atoms with Crippen LogP contribution in [0.25, 0.3) is 0 Å². The lowest BCUT2D eigenvalue weighted by atomic mass is 10.0. The average Bonchev–Trinajstić information content (AvgIpc) is 2.39. The molecule has 2 aromatic carbocycles. The van der Waals surface area contributed by atoms with Crippen molar-refractivity contribution < 1.29 is 13.5 Å². The van der Waals surface area contributed by atoms with E-state index in [1.54, 1.807) is 30.3 Å². The summed E-state index contributed by atoms with van der Waals surface area (Å²) >= 11 is 0. The summed E-state index contributed by atoms with van der Waals surface area (Å²) in [5.41, 5.74) is 1.26. The van der Waals surface area contributed by atoms with Crippen LogP contribution < -0.4 is 5.14 Å². The van der Waals surface area contributed by atoms with Crippen molar-refractivity contribution >= 4 is 10.0 Å². The molecule has 3 N–H and O–H groups in total. The molecule has 0 aromatic heterocycles. The van der Waals surface area contributed by atoms with E-state index in [-0.39, 0.29) is 11.3 Å². The van der Waals surface area contributed by atoms with Crippen molar-refractivity contribution in [3.05, 3.63) is 65.7 Å². The Morgan fingerprint density at radius 1 is 1.00 bits per heavy atom. The molecule has 0 aliphatic rings. The zero-order valence-electron chi connectivity index (χ0n) is 10.2. The van der Waals surface area contributed by atoms with Crippen LogP contribution in [0.15, 0.2) is 59.5 Å². The predicted molar refractivity (Wildman–Crippen MR) is 72.9 cm³/mol. The monoisotopic (exact) mass is 277 g/mol. The molecule has 1 unspecified atom stereocenters. The first-order valence-corrected chi connectivity index (χ1v) is 7.37. The molecule has 0 heterocycles. The Kier molecular flexibility index (Phi) is 3.99. The third kappa shape index (κ3) is 3.41. The van der Waals surface area contributed by atoms with Crippen LogP contribution in [-0.2, 0) is 16.4 Å². The van der Waals surface area contributed by atoms with Crippen LogP contribution in [0.1, 0.15) is 17.2 Å². The number of sulfonamides is 1. The lowest BCUT2D eigenvalue weighted by Crippen LogP contribution is -2.15. The van der Waals surface area contributed by atoms with E-state index in [0.29, 0.717) is 5.56 Å². The highest BCUT2D eigenvalue weighted by Gasteiger charge is 2.16. The maximum absolute atomic E-state index is 11.5. The molecule has 5 heteroatoms. The predicted octanol–water partition coefficient (Wildman–Crippen LogP) is 1.61. The topological polar surface area (TPSA) is 80.4 Å². The highest BCUT2D eigenvalue weighted by molar-refractivity contribution is 7.89. The van der Waals surface area contributed by atoms with Crippen LogP contribution in [0.5, 0.6) is 0 Å². The Bertz CT molecular complexity index is 653. The summed E-state index contributed by atoms with van der Waals surface area (Å²) in [6, 6.07) is 15.5. The maximum Gasteiger partial charge on any atom is 0.238 e. The Morgan fingerprint density at radius 2 is 1.58 bits per heavy atom. The van der Waals surface area contributed by atoms with E-state index in [1.807, 2.05) is 18.2 Å². The minimum atomic E-state index is -3.77. The Balaban J connectivity index is 2.30. The first-order chi connectivity index (χ1) is 8.98. The van der Waals surface area contributed by atoms with Crippen molar-refractivity contribution in [3.63, 3.8) is 0 Å². The van der Waals surface area contributed by atoms with Gasteiger partial charge < -0.3 is 5.11 Å². The summed E-state index contributed by atoms with van der Waals surface area (Å²) in [6.45, 7) is 0. The van der Waals surface area contributed by atoms with E-state index in [1.165, 1.54) is 6.07 Å². The SMILES string of the molecule is NS(=O)(=O)c1ccccc1CC(O)c1ccccc1. The third-order valence-electron chi connectivity index (χ3n) is 2.88. The van der Waals surface area contributed by atoms with Gasteiger partial charge in [0.15, 0.2) is 0 Å². The molecule has 0 amide bonds. The van der Waals surface area contributed by atoms with Crippen LogP contribution in [-0.4, -0.2) is 13.5 Å². The standard InChI is InChI=1S/C14H15NO3S/c15-19(17,18)14-9-5-4-8-12(14)10-13(16)11-6-2-1-3-7-11/h1-9,13,16H,10H2,(H2,15,17,18). The number of aliphatic hydroxyl groups excluding tert-OH is 1. The molecule has 2 rings (SSSR count). The number of benzene rings is 2. The summed E-state index contributed by atoms with van der Waals surface area (Å²) in [7, 11) is -3.77. The fourth-order valence-corrected chi connectivity index (χ4v) is 2.74. The van der Waals surface area contributed by atoms with Gasteiger partial charge in [-0.2, -0.15) is 0 Å². The van der Waals surface area contributed by atoms with Crippen molar-refractivity contribution in [1.82, 2.24) is 0 Å². The van der Waals surface area contributed by atoms with Crippen molar-refractivity contribution in [3.8, 4) is 0 Å². The molecule has 100 valence electrons. The van der Waals surface area contributed by atoms with Gasteiger partial charge in [-0.15, -0.1) is 0 Å². The van der Waals surface area contributed by atoms with E-state index < -0.39 is 16.1 Å². The third-order valence-corrected chi connectivity index (χ3v) is 3.89. The second-order valence-corrected chi connectivity index (χ2v) is 5.81. The van der Waals surface area contributed by atoms with Crippen molar-refractivity contribution in [2.45, 2.75) is 17.4 Å². The van der Waals surface area contributed by atoms with Crippen LogP contribution in [0.3, 0.4) is 0 Å². The molecule has 2 aromatic rings. The van der Waals surface area contributed by atoms with Crippen molar-refractivity contribution in [1.29, 1.82) is 0 Å². The smallest absolute Gasteiger partial charge is 0.238 e. The molecule has 1 atom stereocenters. The normalized spacial score (nSPS) is 13.2. The highest BCUT2D eigenvalue weighted by atomic mass is 32.2. The number of hydrogen-bond acceptors (Lipinski definition) is 3. The molecule has 0 spiro atoms. The van der Waals surface area contributed by atoms with Crippen LogP contribution in [0.4, 0.5) is 0 Å². The second-order valence-electron chi connectivity index (χ2n) is 4.28. The van der Waals surface area contributed by atoms with Gasteiger partial charge in [0.25, 0.3) is 0 Å². The van der Waals surface area contributed by atoms with Crippen molar-refractivity contribution in [2.24, 2.45) is 5.14 Å². The van der Waals surface area contributed by atoms with E-state index in [0.717, 1.165) is 5.56 Å². The fraction of sp³-hybridized carbons (Fsp3) is 0.143. The van der Waals surface area contributed by atoms with Crippen LogP contribution >= 0.6 is 0 Å². The molecule has 0 saturated carbocycles. The van der Waals surface area contributed by atoms with Gasteiger partial charge in [-0.25, -0.2) is 13.6 Å². The zero-order chi connectivity index (χ0) is 13.9. The zero-order valence-corrected chi connectivity index (χ0v) is 11.0. The fourth-order valence-electron chi connectivity index (χ4n) is 1.95. The van der Waals surface area contributed by atoms with E-state index in [2.05, 4.69) is 0 Å². The quantitative estimate of drug-likeness (QED) is 0.891. The molecule has 4 nitrogen and oxygen atoms in total. The minimum Gasteiger partial charge on any atom is -0.388 e. The van der Waals surface area contributed by atoms with Gasteiger partial charge in [-0.05, 0) is 17.2 Å². The Hall–Kier alpha value is -1.69. The van der Waals surface area contributed by atoms with Crippen LogP contribution in [0.2, 0.25) is 0 Å². The summed E-state index contributed by atoms with van der Waals surface area (Å²) in [6.07, 6.45) is -0.555. The lowest BCUT2D eigenvalue weighted by Gasteiger charge is -2.13. The summed E-state index contributed by atoms with van der Waals surface area (Å²) in [4.78, 5) is 0.0602. The van der Waals surface area contributed by atoms with Gasteiger partial charge in [-0.1, -0.05) is 48.5 Å². The molecular formula is C14H15NO3S. The van der Waals surface area contributed by atoms with Gasteiger partial charge in [0.2, 0.25) is 10.0 Å². The molecule has 0 radical (unpaired) electrons. The van der Waals surface area contributed by atoms with Gasteiger partial charge in [0.05, 0.1) is 11.0 Å². The minimum absolute atomic E-state index is 0.0602. The van der Waals surface area contributed by atoms with E-state index in [9.17, 15) is 13.5 Å². The first-order valence-electron chi connectivity index (χ1n) is 5.82. The highest BCUT2D eigenvalue weighted by Crippen LogP contribution is 2.22. The number of hydrogen-bond donors (Lipinski definition) is 2. The second kappa shape index (κ2) is 5.52. The molecular weight excluding hydrogens is 262 g/mol. The van der Waals surface area contributed by atoms with Gasteiger partial charge in [-0.3, -0.25) is 0 Å². The number of primary sulfonamides is 1. The summed E-state index contributed by atoms with van der Waals surface area (Å²) in [5.74, 6) is 0. The van der Waals surface area contributed by atoms with Gasteiger partial charge in [0, 0.05) is 6.42 Å². The molecule has 0 saturated heterocycles. The van der Waals surface area contributed by atoms with Crippen molar-refractivity contribution in [2.75, 3.05) is 0 Å². The number of nitrogens with two attached hydrogens (primary N) is 1. The number of rotatable bonds is 4. The summed E-state index contributed by atoms with van der Waals surface area (Å²) in [5, 5.41) is 15.3. The van der Waals surface area contributed by atoms with Gasteiger partial charge >= 0.3 is 0 Å². The van der Waals surface area contributed by atoms with Gasteiger partial charge in [0.1, 0.15) is 0 Å². The largest absolute Gasteiger partial charge is 0.388 e. The maximum atomic E-state index is 11.5. The first kappa shape index (κ1) is 13.7. The molecule has 19 heavy (non-hydrogen) atoms. The Morgan fingerprint density at radius 3 is 2.21 bits per heavy atom. The summed E-state index contributed by atoms with van der Waals surface area (Å²) < 4.78 is 22.9.